The SMILES string of the molecule is CCOCC(=O)N1CCc2cc(S(=O)(=O)NCC[C@H](C)O)ccc2C1. The maximum Gasteiger partial charge on any atom is 0.248 e. The van der Waals surface area contributed by atoms with Gasteiger partial charge in [0.1, 0.15) is 6.61 Å². The zero-order valence-corrected chi connectivity index (χ0v) is 15.5. The van der Waals surface area contributed by atoms with Crippen LogP contribution in [0, 0.1) is 0 Å². The Bertz CT molecular complexity index is 703. The van der Waals surface area contributed by atoms with Crippen molar-refractivity contribution in [2.24, 2.45) is 0 Å². The molecule has 0 aromatic heterocycles. The fourth-order valence-corrected chi connectivity index (χ4v) is 3.77. The molecule has 2 rings (SSSR count). The number of carbonyl (C=O) groups excluding carboxylic acids is 1. The quantitative estimate of drug-likeness (QED) is 0.701. The lowest BCUT2D eigenvalue weighted by Crippen LogP contribution is -2.38. The minimum Gasteiger partial charge on any atom is -0.393 e. The second-order valence-electron chi connectivity index (χ2n) is 6.17. The third-order valence-electron chi connectivity index (χ3n) is 4.14. The van der Waals surface area contributed by atoms with Gasteiger partial charge in [-0.15, -0.1) is 0 Å². The Hall–Kier alpha value is -1.48. The molecule has 1 aliphatic rings. The summed E-state index contributed by atoms with van der Waals surface area (Å²) < 4.78 is 32.3. The Morgan fingerprint density at radius 2 is 2.16 bits per heavy atom. The Kier molecular flexibility index (Phi) is 6.95. The van der Waals surface area contributed by atoms with Gasteiger partial charge in [-0.25, -0.2) is 13.1 Å². The van der Waals surface area contributed by atoms with E-state index in [1.807, 2.05) is 6.92 Å². The molecule has 0 unspecified atom stereocenters. The normalized spacial score (nSPS) is 15.7. The zero-order valence-electron chi connectivity index (χ0n) is 14.7. The van der Waals surface area contributed by atoms with Gasteiger partial charge in [0.25, 0.3) is 0 Å². The van der Waals surface area contributed by atoms with Crippen molar-refractivity contribution in [1.82, 2.24) is 9.62 Å². The first-order valence-corrected chi connectivity index (χ1v) is 9.97. The number of nitrogens with zero attached hydrogens (tertiary/aromatic N) is 1. The zero-order chi connectivity index (χ0) is 18.4. The summed E-state index contributed by atoms with van der Waals surface area (Å²) >= 11 is 0. The van der Waals surface area contributed by atoms with Crippen LogP contribution in [-0.4, -0.2) is 56.7 Å². The highest BCUT2D eigenvalue weighted by Crippen LogP contribution is 2.22. The summed E-state index contributed by atoms with van der Waals surface area (Å²) in [7, 11) is -3.59. The van der Waals surface area contributed by atoms with Crippen molar-refractivity contribution in [3.05, 3.63) is 29.3 Å². The summed E-state index contributed by atoms with van der Waals surface area (Å²) in [5.74, 6) is -0.0519. The van der Waals surface area contributed by atoms with Gasteiger partial charge in [0.05, 0.1) is 11.0 Å². The maximum absolute atomic E-state index is 12.3. The number of sulfonamides is 1. The summed E-state index contributed by atoms with van der Waals surface area (Å²) in [6.45, 7) is 5.25. The average molecular weight is 370 g/mol. The van der Waals surface area contributed by atoms with E-state index in [9.17, 15) is 18.3 Å². The van der Waals surface area contributed by atoms with Crippen LogP contribution >= 0.6 is 0 Å². The number of amides is 1. The second kappa shape index (κ2) is 8.75. The molecule has 1 aromatic rings. The average Bonchev–Trinajstić information content (AvgIpc) is 2.58. The highest BCUT2D eigenvalue weighted by atomic mass is 32.2. The Morgan fingerprint density at radius 1 is 1.40 bits per heavy atom. The monoisotopic (exact) mass is 370 g/mol. The number of benzene rings is 1. The lowest BCUT2D eigenvalue weighted by atomic mass is 10.00. The molecule has 0 saturated carbocycles. The molecule has 1 amide bonds. The molecule has 0 radical (unpaired) electrons. The van der Waals surface area contributed by atoms with E-state index in [1.54, 1.807) is 30.0 Å². The number of ether oxygens (including phenoxy) is 1. The third-order valence-corrected chi connectivity index (χ3v) is 5.60. The molecule has 140 valence electrons. The van der Waals surface area contributed by atoms with Crippen molar-refractivity contribution < 1.29 is 23.1 Å². The molecule has 0 fully saturated rings. The van der Waals surface area contributed by atoms with Gasteiger partial charge in [-0.05, 0) is 49.9 Å². The van der Waals surface area contributed by atoms with Gasteiger partial charge in [-0.1, -0.05) is 6.07 Å². The number of hydrogen-bond donors (Lipinski definition) is 2. The first-order valence-electron chi connectivity index (χ1n) is 8.48. The van der Waals surface area contributed by atoms with Crippen LogP contribution < -0.4 is 4.72 Å². The Morgan fingerprint density at radius 3 is 2.84 bits per heavy atom. The molecule has 1 atom stereocenters. The predicted molar refractivity (Wildman–Crippen MR) is 93.5 cm³/mol. The van der Waals surface area contributed by atoms with E-state index in [0.717, 1.165) is 11.1 Å². The molecule has 0 saturated heterocycles. The molecular formula is C17H26N2O5S. The van der Waals surface area contributed by atoms with Gasteiger partial charge in [-0.2, -0.15) is 0 Å². The van der Waals surface area contributed by atoms with Gasteiger partial charge in [0.2, 0.25) is 15.9 Å². The molecule has 0 bridgehead atoms. The minimum absolute atomic E-state index is 0.0519. The number of rotatable bonds is 8. The maximum atomic E-state index is 12.3. The van der Waals surface area contributed by atoms with Crippen molar-refractivity contribution in [2.45, 2.75) is 44.2 Å². The van der Waals surface area contributed by atoms with Crippen molar-refractivity contribution in [1.29, 1.82) is 0 Å². The highest BCUT2D eigenvalue weighted by molar-refractivity contribution is 7.89. The van der Waals surface area contributed by atoms with E-state index in [1.165, 1.54) is 0 Å². The van der Waals surface area contributed by atoms with Gasteiger partial charge < -0.3 is 14.7 Å². The summed E-state index contributed by atoms with van der Waals surface area (Å²) in [5.41, 5.74) is 1.90. The Labute approximate surface area is 149 Å². The van der Waals surface area contributed by atoms with Crippen LogP contribution in [0.2, 0.25) is 0 Å². The number of aliphatic hydroxyl groups is 1. The first-order chi connectivity index (χ1) is 11.8. The van der Waals surface area contributed by atoms with E-state index in [4.69, 9.17) is 4.74 Å². The molecule has 0 aliphatic carbocycles. The molecule has 8 heteroatoms. The van der Waals surface area contributed by atoms with E-state index in [2.05, 4.69) is 4.72 Å². The smallest absolute Gasteiger partial charge is 0.248 e. The molecule has 1 heterocycles. The summed E-state index contributed by atoms with van der Waals surface area (Å²) in [6.07, 6.45) is 0.428. The van der Waals surface area contributed by atoms with Crippen LogP contribution in [0.4, 0.5) is 0 Å². The third kappa shape index (κ3) is 5.50. The first kappa shape index (κ1) is 19.8. The van der Waals surface area contributed by atoms with Crippen molar-refractivity contribution in [2.75, 3.05) is 26.3 Å². The molecule has 2 N–H and O–H groups in total. The molecule has 1 aliphatic heterocycles. The summed E-state index contributed by atoms with van der Waals surface area (Å²) in [6, 6.07) is 4.99. The number of carbonyl (C=O) groups is 1. The summed E-state index contributed by atoms with van der Waals surface area (Å²) in [5, 5.41) is 9.23. The predicted octanol–water partition coefficient (Wildman–Crippen LogP) is 0.657. The second-order valence-corrected chi connectivity index (χ2v) is 7.94. The number of hydrogen-bond acceptors (Lipinski definition) is 5. The van der Waals surface area contributed by atoms with Gasteiger partial charge in [0, 0.05) is 26.2 Å². The largest absolute Gasteiger partial charge is 0.393 e. The number of fused-ring (bicyclic) bond motifs is 1. The minimum atomic E-state index is -3.59. The molecule has 7 nitrogen and oxygen atoms in total. The van der Waals surface area contributed by atoms with Gasteiger partial charge >= 0.3 is 0 Å². The van der Waals surface area contributed by atoms with Crippen molar-refractivity contribution in [3.8, 4) is 0 Å². The van der Waals surface area contributed by atoms with Crippen LogP contribution in [0.25, 0.3) is 0 Å². The molecule has 0 spiro atoms. The standard InChI is InChI=1S/C17H26N2O5S/c1-3-24-12-17(21)19-9-7-14-10-16(5-4-15(14)11-19)25(22,23)18-8-6-13(2)20/h4-5,10,13,18,20H,3,6-9,11-12H2,1-2H3/t13-/m0/s1. The van der Waals surface area contributed by atoms with Crippen molar-refractivity contribution in [3.63, 3.8) is 0 Å². The van der Waals surface area contributed by atoms with E-state index in [-0.39, 0.29) is 24.0 Å². The molecular weight excluding hydrogens is 344 g/mol. The highest BCUT2D eigenvalue weighted by Gasteiger charge is 2.23. The van der Waals surface area contributed by atoms with Gasteiger partial charge in [0.15, 0.2) is 0 Å². The molecule has 25 heavy (non-hydrogen) atoms. The summed E-state index contributed by atoms with van der Waals surface area (Å²) in [4.78, 5) is 14.0. The fourth-order valence-electron chi connectivity index (χ4n) is 2.68. The van der Waals surface area contributed by atoms with Crippen LogP contribution in [0.3, 0.4) is 0 Å². The van der Waals surface area contributed by atoms with E-state index >= 15 is 0 Å². The Balaban J connectivity index is 2.05. The fraction of sp³-hybridized carbons (Fsp3) is 0.588. The van der Waals surface area contributed by atoms with E-state index in [0.29, 0.717) is 32.5 Å². The topological polar surface area (TPSA) is 95.9 Å². The lowest BCUT2D eigenvalue weighted by Gasteiger charge is -2.29. The number of nitrogens with one attached hydrogen (secondary N) is 1. The van der Waals surface area contributed by atoms with E-state index < -0.39 is 16.1 Å². The van der Waals surface area contributed by atoms with Crippen LogP contribution in [0.5, 0.6) is 0 Å². The van der Waals surface area contributed by atoms with Crippen LogP contribution in [0.15, 0.2) is 23.1 Å². The lowest BCUT2D eigenvalue weighted by molar-refractivity contribution is -0.136. The van der Waals surface area contributed by atoms with Crippen molar-refractivity contribution >= 4 is 15.9 Å². The number of aliphatic hydroxyl groups excluding tert-OH is 1. The van der Waals surface area contributed by atoms with Crippen LogP contribution in [-0.2, 0) is 32.5 Å². The van der Waals surface area contributed by atoms with Crippen LogP contribution in [0.1, 0.15) is 31.4 Å². The van der Waals surface area contributed by atoms with Gasteiger partial charge in [-0.3, -0.25) is 4.79 Å². The molecule has 1 aromatic carbocycles.